The summed E-state index contributed by atoms with van der Waals surface area (Å²) >= 11 is 5.66. The Bertz CT molecular complexity index is 1170. The van der Waals surface area contributed by atoms with Crippen LogP contribution in [0.15, 0.2) is 66.7 Å². The Morgan fingerprint density at radius 2 is 1.49 bits per heavy atom. The Hall–Kier alpha value is -3.39. The molecule has 37 heavy (non-hydrogen) atoms. The third kappa shape index (κ3) is 6.49. The van der Waals surface area contributed by atoms with E-state index in [-0.39, 0.29) is 6.04 Å². The van der Waals surface area contributed by atoms with Gasteiger partial charge in [-0.3, -0.25) is 0 Å². The van der Waals surface area contributed by atoms with Crippen LogP contribution in [-0.4, -0.2) is 54.3 Å². The third-order valence-electron chi connectivity index (χ3n) is 7.28. The first-order valence-electron chi connectivity index (χ1n) is 13.4. The van der Waals surface area contributed by atoms with Crippen LogP contribution in [0.3, 0.4) is 0 Å². The third-order valence-corrected chi connectivity index (χ3v) is 7.50. The lowest BCUT2D eigenvalue weighted by molar-refractivity contribution is 0.444. The molecule has 1 aromatic heterocycles. The second-order valence-electron chi connectivity index (χ2n) is 10.1. The van der Waals surface area contributed by atoms with E-state index in [0.29, 0.717) is 17.0 Å². The summed E-state index contributed by atoms with van der Waals surface area (Å²) < 4.78 is 0. The highest BCUT2D eigenvalue weighted by atomic mass is 32.1. The maximum absolute atomic E-state index is 5.66. The van der Waals surface area contributed by atoms with Gasteiger partial charge in [-0.1, -0.05) is 55.5 Å². The average Bonchev–Trinajstić information content (AvgIpc) is 2.94. The smallest absolute Gasteiger partial charge is 0.232 e. The maximum atomic E-state index is 5.66. The Morgan fingerprint density at radius 3 is 2.16 bits per heavy atom. The molecule has 2 aromatic carbocycles. The van der Waals surface area contributed by atoms with E-state index in [1.54, 1.807) is 0 Å². The fourth-order valence-electron chi connectivity index (χ4n) is 5.19. The summed E-state index contributed by atoms with van der Waals surface area (Å²) in [4.78, 5) is 17.0. The van der Waals surface area contributed by atoms with E-state index < -0.39 is 0 Å². The summed E-state index contributed by atoms with van der Waals surface area (Å²) in [5, 5.41) is 7.19. The van der Waals surface area contributed by atoms with Gasteiger partial charge in [-0.15, -0.1) is 0 Å². The summed E-state index contributed by atoms with van der Waals surface area (Å²) in [6, 6.07) is 23.2. The van der Waals surface area contributed by atoms with E-state index in [0.717, 1.165) is 50.9 Å². The summed E-state index contributed by atoms with van der Waals surface area (Å²) in [6.45, 7) is 10.2. The summed E-state index contributed by atoms with van der Waals surface area (Å²) in [6.07, 6.45) is 2.46. The predicted octanol–water partition coefficient (Wildman–Crippen LogP) is 5.09. The van der Waals surface area contributed by atoms with Crippen molar-refractivity contribution in [3.8, 4) is 0 Å². The lowest BCUT2D eigenvalue weighted by Gasteiger charge is -2.37. The van der Waals surface area contributed by atoms with Crippen LogP contribution in [0.25, 0.3) is 0 Å². The quantitative estimate of drug-likeness (QED) is 0.441. The van der Waals surface area contributed by atoms with Gasteiger partial charge in [0, 0.05) is 51.0 Å². The molecule has 194 valence electrons. The van der Waals surface area contributed by atoms with Crippen molar-refractivity contribution < 1.29 is 0 Å². The molecule has 2 N–H and O–H groups in total. The van der Waals surface area contributed by atoms with Crippen LogP contribution in [0.2, 0.25) is 0 Å². The Labute approximate surface area is 225 Å². The van der Waals surface area contributed by atoms with Crippen molar-refractivity contribution in [2.24, 2.45) is 5.92 Å². The van der Waals surface area contributed by atoms with Gasteiger partial charge < -0.3 is 25.3 Å². The molecule has 7 nitrogen and oxygen atoms in total. The van der Waals surface area contributed by atoms with Gasteiger partial charge in [0.1, 0.15) is 11.6 Å². The molecule has 0 amide bonds. The summed E-state index contributed by atoms with van der Waals surface area (Å²) in [5.41, 5.74) is 2.46. The molecule has 3 heterocycles. The Balaban J connectivity index is 1.32. The topological polar surface area (TPSA) is 59.6 Å². The number of para-hydroxylation sites is 1. The largest absolute Gasteiger partial charge is 0.368 e. The number of thiocarbonyl (C=S) groups is 1. The van der Waals surface area contributed by atoms with Crippen molar-refractivity contribution in [3.63, 3.8) is 0 Å². The van der Waals surface area contributed by atoms with Gasteiger partial charge in [0.15, 0.2) is 5.11 Å². The van der Waals surface area contributed by atoms with E-state index in [2.05, 4.69) is 87.7 Å². The van der Waals surface area contributed by atoms with Crippen LogP contribution >= 0.6 is 12.2 Å². The molecule has 2 atom stereocenters. The molecular formula is C29H37N7S. The SMILES string of the molecule is C[C@@H]1CCCN(c2cc(N3CCN(c4ccccc4)CC3)nc(NC(=S)N[C@@H](C)c3ccccc3)n2)C1. The van der Waals surface area contributed by atoms with Gasteiger partial charge in [-0.2, -0.15) is 9.97 Å². The highest BCUT2D eigenvalue weighted by molar-refractivity contribution is 7.80. The Morgan fingerprint density at radius 1 is 0.865 bits per heavy atom. The minimum atomic E-state index is 0.0814. The number of hydrogen-bond acceptors (Lipinski definition) is 6. The molecule has 0 aliphatic carbocycles. The lowest BCUT2D eigenvalue weighted by Crippen LogP contribution is -2.47. The van der Waals surface area contributed by atoms with E-state index in [1.807, 2.05) is 18.2 Å². The van der Waals surface area contributed by atoms with E-state index in [9.17, 15) is 0 Å². The number of nitrogens with one attached hydrogen (secondary N) is 2. The predicted molar refractivity (Wildman–Crippen MR) is 158 cm³/mol. The number of benzene rings is 2. The minimum absolute atomic E-state index is 0.0814. The van der Waals surface area contributed by atoms with Crippen molar-refractivity contribution in [1.29, 1.82) is 0 Å². The second kappa shape index (κ2) is 11.8. The molecule has 2 aliphatic rings. The van der Waals surface area contributed by atoms with Gasteiger partial charge in [0.25, 0.3) is 0 Å². The van der Waals surface area contributed by atoms with Crippen molar-refractivity contribution in [3.05, 3.63) is 72.3 Å². The number of anilines is 4. The highest BCUT2D eigenvalue weighted by Gasteiger charge is 2.23. The molecule has 8 heteroatoms. The standard InChI is InChI=1S/C29H37N7S/c1-22-10-9-15-36(21-22)27-20-26(35-18-16-34(17-19-35)25-13-7-4-8-14-25)31-28(32-27)33-29(37)30-23(2)24-11-5-3-6-12-24/h3-8,11-14,20,22-23H,9-10,15-19,21H2,1-2H3,(H2,30,31,32,33,37)/t22-,23+/m1/s1. The fourth-order valence-corrected chi connectivity index (χ4v) is 5.46. The van der Waals surface area contributed by atoms with Gasteiger partial charge in [0.2, 0.25) is 5.95 Å². The first-order valence-corrected chi connectivity index (χ1v) is 13.8. The molecule has 0 radical (unpaired) electrons. The van der Waals surface area contributed by atoms with E-state index >= 15 is 0 Å². The molecular weight excluding hydrogens is 478 g/mol. The molecule has 2 saturated heterocycles. The normalized spacial score (nSPS) is 18.9. The van der Waals surface area contributed by atoms with Gasteiger partial charge in [-0.25, -0.2) is 0 Å². The molecule has 0 bridgehead atoms. The molecule has 2 aliphatic heterocycles. The molecule has 0 saturated carbocycles. The first-order chi connectivity index (χ1) is 18.0. The summed E-state index contributed by atoms with van der Waals surface area (Å²) in [7, 11) is 0. The van der Waals surface area contributed by atoms with E-state index in [1.165, 1.54) is 24.1 Å². The van der Waals surface area contributed by atoms with Gasteiger partial charge >= 0.3 is 0 Å². The van der Waals surface area contributed by atoms with Crippen LogP contribution in [0.4, 0.5) is 23.3 Å². The zero-order valence-electron chi connectivity index (χ0n) is 21.8. The van der Waals surface area contributed by atoms with Crippen molar-refractivity contribution in [2.75, 3.05) is 59.3 Å². The van der Waals surface area contributed by atoms with Crippen LogP contribution in [0, 0.1) is 5.92 Å². The number of piperazine rings is 1. The molecule has 0 unspecified atom stereocenters. The zero-order valence-corrected chi connectivity index (χ0v) is 22.6. The maximum Gasteiger partial charge on any atom is 0.232 e. The lowest BCUT2D eigenvalue weighted by atomic mass is 10.0. The molecule has 3 aromatic rings. The van der Waals surface area contributed by atoms with Crippen LogP contribution in [0.5, 0.6) is 0 Å². The first kappa shape index (κ1) is 25.3. The summed E-state index contributed by atoms with van der Waals surface area (Å²) in [5.74, 6) is 3.14. The van der Waals surface area contributed by atoms with Crippen LogP contribution in [0.1, 0.15) is 38.3 Å². The fraction of sp³-hybridized carbons (Fsp3) is 0.414. The number of hydrogen-bond donors (Lipinski definition) is 2. The molecule has 5 rings (SSSR count). The van der Waals surface area contributed by atoms with Crippen molar-refractivity contribution in [1.82, 2.24) is 15.3 Å². The minimum Gasteiger partial charge on any atom is -0.368 e. The Kier molecular flexibility index (Phi) is 8.04. The number of nitrogens with zero attached hydrogens (tertiary/aromatic N) is 5. The van der Waals surface area contributed by atoms with Crippen LogP contribution < -0.4 is 25.3 Å². The van der Waals surface area contributed by atoms with Crippen molar-refractivity contribution >= 4 is 40.6 Å². The van der Waals surface area contributed by atoms with Crippen LogP contribution in [-0.2, 0) is 0 Å². The number of aromatic nitrogens is 2. The van der Waals surface area contributed by atoms with Gasteiger partial charge in [-0.05, 0) is 55.6 Å². The molecule has 0 spiro atoms. The monoisotopic (exact) mass is 515 g/mol. The van der Waals surface area contributed by atoms with E-state index in [4.69, 9.17) is 22.2 Å². The molecule has 2 fully saturated rings. The zero-order chi connectivity index (χ0) is 25.6. The van der Waals surface area contributed by atoms with Crippen molar-refractivity contribution in [2.45, 2.75) is 32.7 Å². The highest BCUT2D eigenvalue weighted by Crippen LogP contribution is 2.27. The van der Waals surface area contributed by atoms with Gasteiger partial charge in [0.05, 0.1) is 6.04 Å². The second-order valence-corrected chi connectivity index (χ2v) is 10.6. The average molecular weight is 516 g/mol. The number of piperidine rings is 1. The number of rotatable bonds is 6.